The molecule has 1 atom stereocenters. The first-order chi connectivity index (χ1) is 9.47. The molecule has 1 unspecified atom stereocenters. The predicted molar refractivity (Wildman–Crippen MR) is 69.6 cm³/mol. The molecule has 0 aliphatic carbocycles. The second kappa shape index (κ2) is 5.74. The van der Waals surface area contributed by atoms with Crippen LogP contribution in [0.5, 0.6) is 0 Å². The maximum Gasteiger partial charge on any atom is 0.348 e. The predicted octanol–water partition coefficient (Wildman–Crippen LogP) is -0.901. The van der Waals surface area contributed by atoms with Crippen LogP contribution in [0.3, 0.4) is 0 Å². The molecular formula is C10H11N5O4S. The highest BCUT2D eigenvalue weighted by molar-refractivity contribution is 7.99. The monoisotopic (exact) mass is 297 g/mol. The third-order valence-electron chi connectivity index (χ3n) is 2.36. The molecule has 0 fully saturated rings. The van der Waals surface area contributed by atoms with Gasteiger partial charge in [0.25, 0.3) is 0 Å². The number of aliphatic carboxylic acids is 1. The van der Waals surface area contributed by atoms with Crippen LogP contribution in [0.1, 0.15) is 6.92 Å². The average Bonchev–Trinajstić information content (AvgIpc) is 2.75. The highest BCUT2D eigenvalue weighted by Gasteiger charge is 2.19. The standard InChI is InChI=1S/C10H11N5O4S/c1-5(16)12-6(9(17)18)3-20-8-2-7-13-14-10(19)15(7)4-11-8/h2,4,6H,3H2,1H3,(H,12,16)(H,14,19)(H,17,18). The van der Waals surface area contributed by atoms with Crippen LogP contribution >= 0.6 is 11.8 Å². The van der Waals surface area contributed by atoms with Gasteiger partial charge in [-0.25, -0.2) is 24.1 Å². The maximum absolute atomic E-state index is 11.2. The molecule has 3 N–H and O–H groups in total. The van der Waals surface area contributed by atoms with Crippen molar-refractivity contribution in [2.75, 3.05) is 5.75 Å². The van der Waals surface area contributed by atoms with E-state index in [4.69, 9.17) is 5.11 Å². The average molecular weight is 297 g/mol. The molecular weight excluding hydrogens is 286 g/mol. The Kier molecular flexibility index (Phi) is 4.03. The minimum absolute atomic E-state index is 0.118. The van der Waals surface area contributed by atoms with Gasteiger partial charge in [-0.15, -0.1) is 11.8 Å². The van der Waals surface area contributed by atoms with Gasteiger partial charge in [0.15, 0.2) is 5.65 Å². The quantitative estimate of drug-likeness (QED) is 0.481. The molecule has 0 bridgehead atoms. The first kappa shape index (κ1) is 14.1. The molecule has 0 aliphatic heterocycles. The summed E-state index contributed by atoms with van der Waals surface area (Å²) < 4.78 is 1.23. The Hall–Kier alpha value is -2.36. The number of carboxylic acids is 1. The largest absolute Gasteiger partial charge is 0.480 e. The second-order valence-electron chi connectivity index (χ2n) is 3.89. The molecule has 20 heavy (non-hydrogen) atoms. The zero-order valence-corrected chi connectivity index (χ0v) is 11.2. The van der Waals surface area contributed by atoms with E-state index >= 15 is 0 Å². The fourth-order valence-corrected chi connectivity index (χ4v) is 2.33. The van der Waals surface area contributed by atoms with Crippen LogP contribution in [0.4, 0.5) is 0 Å². The van der Waals surface area contributed by atoms with Crippen LogP contribution in [0.15, 0.2) is 22.2 Å². The number of thioether (sulfide) groups is 1. The molecule has 0 aliphatic rings. The van der Waals surface area contributed by atoms with Gasteiger partial charge in [-0.1, -0.05) is 0 Å². The molecule has 0 spiro atoms. The topological polar surface area (TPSA) is 129 Å². The maximum atomic E-state index is 11.2. The van der Waals surface area contributed by atoms with Crippen molar-refractivity contribution < 1.29 is 14.7 Å². The van der Waals surface area contributed by atoms with Gasteiger partial charge >= 0.3 is 11.7 Å². The van der Waals surface area contributed by atoms with Crippen molar-refractivity contribution in [1.29, 1.82) is 0 Å². The summed E-state index contributed by atoms with van der Waals surface area (Å²) in [5.41, 5.74) is -0.00962. The Morgan fingerprint density at radius 3 is 3.00 bits per heavy atom. The van der Waals surface area contributed by atoms with Crippen LogP contribution in [0.25, 0.3) is 5.65 Å². The SMILES string of the molecule is CC(=O)NC(CSc1cc2n[nH]c(=O)n2cn1)C(=O)O. The van der Waals surface area contributed by atoms with Gasteiger partial charge in [-0.05, 0) is 0 Å². The summed E-state index contributed by atoms with van der Waals surface area (Å²) >= 11 is 1.15. The Morgan fingerprint density at radius 1 is 1.60 bits per heavy atom. The lowest BCUT2D eigenvalue weighted by atomic mass is 10.3. The van der Waals surface area contributed by atoms with Crippen molar-refractivity contribution in [2.45, 2.75) is 18.0 Å². The van der Waals surface area contributed by atoms with Crippen molar-refractivity contribution in [3.8, 4) is 0 Å². The van der Waals surface area contributed by atoms with Crippen LogP contribution < -0.4 is 11.0 Å². The van der Waals surface area contributed by atoms with Crippen LogP contribution in [0, 0.1) is 0 Å². The first-order valence-corrected chi connectivity index (χ1v) is 6.51. The summed E-state index contributed by atoms with van der Waals surface area (Å²) in [6, 6.07) is 0.548. The number of aromatic nitrogens is 4. The van der Waals surface area contributed by atoms with Crippen molar-refractivity contribution in [3.63, 3.8) is 0 Å². The Morgan fingerprint density at radius 2 is 2.35 bits per heavy atom. The lowest BCUT2D eigenvalue weighted by Crippen LogP contribution is -2.41. The lowest BCUT2D eigenvalue weighted by molar-refractivity contribution is -0.140. The molecule has 2 rings (SSSR count). The number of nitrogens with one attached hydrogen (secondary N) is 2. The third kappa shape index (κ3) is 3.15. The number of carboxylic acid groups (broad SMARTS) is 1. The number of carbonyl (C=O) groups excluding carboxylic acids is 1. The van der Waals surface area contributed by atoms with Gasteiger partial charge in [0.1, 0.15) is 17.4 Å². The lowest BCUT2D eigenvalue weighted by Gasteiger charge is -2.12. The third-order valence-corrected chi connectivity index (χ3v) is 3.38. The Labute approximate surface area is 116 Å². The Balaban J connectivity index is 2.09. The smallest absolute Gasteiger partial charge is 0.348 e. The number of H-pyrrole nitrogens is 1. The summed E-state index contributed by atoms with van der Waals surface area (Å²) in [7, 11) is 0. The molecule has 9 nitrogen and oxygen atoms in total. The van der Waals surface area contributed by atoms with Gasteiger partial charge in [0.05, 0.1) is 0 Å². The van der Waals surface area contributed by atoms with Crippen molar-refractivity contribution >= 4 is 29.3 Å². The van der Waals surface area contributed by atoms with E-state index in [2.05, 4.69) is 20.5 Å². The van der Waals surface area contributed by atoms with Crippen molar-refractivity contribution in [1.82, 2.24) is 24.9 Å². The summed E-state index contributed by atoms with van der Waals surface area (Å²) in [6.07, 6.45) is 1.30. The number of rotatable bonds is 5. The minimum atomic E-state index is -1.12. The van der Waals surface area contributed by atoms with E-state index in [0.717, 1.165) is 11.8 Å². The number of amides is 1. The molecule has 0 saturated heterocycles. The van der Waals surface area contributed by atoms with E-state index in [1.165, 1.54) is 17.7 Å². The van der Waals surface area contributed by atoms with Crippen LogP contribution in [-0.2, 0) is 9.59 Å². The summed E-state index contributed by atoms with van der Waals surface area (Å²) in [4.78, 5) is 37.1. The number of aromatic amines is 1. The van der Waals surface area contributed by atoms with Crippen LogP contribution in [-0.4, -0.2) is 48.4 Å². The van der Waals surface area contributed by atoms with Crippen molar-refractivity contribution in [2.24, 2.45) is 0 Å². The zero-order valence-electron chi connectivity index (χ0n) is 10.4. The molecule has 0 saturated carbocycles. The van der Waals surface area contributed by atoms with Gasteiger partial charge in [-0.3, -0.25) is 4.79 Å². The molecule has 0 aromatic carbocycles. The van der Waals surface area contributed by atoms with Gasteiger partial charge in [-0.2, -0.15) is 5.10 Å². The van der Waals surface area contributed by atoms with Crippen LogP contribution in [0.2, 0.25) is 0 Å². The number of nitrogens with zero attached hydrogens (tertiary/aromatic N) is 3. The van der Waals surface area contributed by atoms with E-state index in [9.17, 15) is 14.4 Å². The minimum Gasteiger partial charge on any atom is -0.480 e. The number of carbonyl (C=O) groups is 2. The van der Waals surface area contributed by atoms with Crippen molar-refractivity contribution in [3.05, 3.63) is 22.9 Å². The molecule has 10 heteroatoms. The van der Waals surface area contributed by atoms with Gasteiger partial charge in [0, 0.05) is 18.7 Å². The first-order valence-electron chi connectivity index (χ1n) is 5.53. The van der Waals surface area contributed by atoms with E-state index in [1.807, 2.05) is 0 Å². The summed E-state index contributed by atoms with van der Waals surface area (Å²) in [6.45, 7) is 1.25. The Bertz CT molecular complexity index is 709. The molecule has 2 heterocycles. The normalized spacial score (nSPS) is 12.2. The molecule has 106 valence electrons. The molecule has 1 amide bonds. The van der Waals surface area contributed by atoms with E-state index < -0.39 is 23.6 Å². The number of fused-ring (bicyclic) bond motifs is 1. The molecule has 2 aromatic rings. The fraction of sp³-hybridized carbons (Fsp3) is 0.300. The number of hydrogen-bond donors (Lipinski definition) is 3. The highest BCUT2D eigenvalue weighted by Crippen LogP contribution is 2.16. The second-order valence-corrected chi connectivity index (χ2v) is 4.93. The highest BCUT2D eigenvalue weighted by atomic mass is 32.2. The van der Waals surface area contributed by atoms with E-state index in [-0.39, 0.29) is 5.75 Å². The van der Waals surface area contributed by atoms with Gasteiger partial charge in [0.2, 0.25) is 5.91 Å². The zero-order chi connectivity index (χ0) is 14.7. The fourth-order valence-electron chi connectivity index (χ4n) is 1.46. The summed E-state index contributed by atoms with van der Waals surface area (Å²) in [5.74, 6) is -1.42. The number of hydrogen-bond acceptors (Lipinski definition) is 6. The molecule has 0 radical (unpaired) electrons. The summed E-state index contributed by atoms with van der Waals surface area (Å²) in [5, 5.41) is 17.8. The molecule has 2 aromatic heterocycles. The van der Waals surface area contributed by atoms with E-state index in [0.29, 0.717) is 10.7 Å². The van der Waals surface area contributed by atoms with Gasteiger partial charge < -0.3 is 10.4 Å². The van der Waals surface area contributed by atoms with E-state index in [1.54, 1.807) is 6.07 Å².